The lowest BCUT2D eigenvalue weighted by molar-refractivity contribution is 0.0742. The van der Waals surface area contributed by atoms with Crippen LogP contribution in [0.2, 0.25) is 5.02 Å². The summed E-state index contributed by atoms with van der Waals surface area (Å²) < 4.78 is 27.9. The maximum atomic E-state index is 12.9. The molecule has 0 aliphatic carbocycles. The van der Waals surface area contributed by atoms with Crippen LogP contribution in [0.4, 0.5) is 0 Å². The van der Waals surface area contributed by atoms with Crippen molar-refractivity contribution in [3.63, 3.8) is 0 Å². The summed E-state index contributed by atoms with van der Waals surface area (Å²) >= 11 is 6.11. The normalized spacial score (nSPS) is 13.3. The van der Waals surface area contributed by atoms with E-state index >= 15 is 0 Å². The van der Waals surface area contributed by atoms with E-state index in [1.165, 1.54) is 18.2 Å². The third-order valence-corrected chi connectivity index (χ3v) is 6.33. The molecule has 0 aromatic heterocycles. The highest BCUT2D eigenvalue weighted by molar-refractivity contribution is 7.89. The SMILES string of the molecule is CC(c1ccccc1)N(C)C(=O)c1ccc(Cl)c(S(=O)(=O)NC(C)(C)C)c1. The van der Waals surface area contributed by atoms with Crippen molar-refractivity contribution in [1.29, 1.82) is 0 Å². The number of halogens is 1. The van der Waals surface area contributed by atoms with Crippen molar-refractivity contribution in [2.75, 3.05) is 7.05 Å². The van der Waals surface area contributed by atoms with Crippen molar-refractivity contribution in [2.45, 2.75) is 44.2 Å². The quantitative estimate of drug-likeness (QED) is 0.804. The van der Waals surface area contributed by atoms with Gasteiger partial charge in [-0.25, -0.2) is 13.1 Å². The lowest BCUT2D eigenvalue weighted by Gasteiger charge is -2.26. The lowest BCUT2D eigenvalue weighted by Crippen LogP contribution is -2.40. The standard InChI is InChI=1S/C20H25ClN2O3S/c1-14(15-9-7-6-8-10-15)23(5)19(24)16-11-12-17(21)18(13-16)27(25,26)22-20(2,3)4/h6-14,22H,1-5H3. The van der Waals surface area contributed by atoms with Gasteiger partial charge in [0.05, 0.1) is 11.1 Å². The monoisotopic (exact) mass is 408 g/mol. The third kappa shape index (κ3) is 5.31. The van der Waals surface area contributed by atoms with E-state index in [1.807, 2.05) is 37.3 Å². The molecule has 0 aliphatic heterocycles. The predicted molar refractivity (Wildman–Crippen MR) is 108 cm³/mol. The second-order valence-electron chi connectivity index (χ2n) is 7.50. The van der Waals surface area contributed by atoms with Crippen LogP contribution in [-0.4, -0.2) is 31.8 Å². The molecule has 146 valence electrons. The van der Waals surface area contributed by atoms with Crippen LogP contribution >= 0.6 is 11.6 Å². The lowest BCUT2D eigenvalue weighted by atomic mass is 10.1. The van der Waals surface area contributed by atoms with Crippen LogP contribution in [0, 0.1) is 0 Å². The zero-order valence-electron chi connectivity index (χ0n) is 16.2. The first-order valence-corrected chi connectivity index (χ1v) is 10.4. The summed E-state index contributed by atoms with van der Waals surface area (Å²) in [5.74, 6) is -0.282. The first-order valence-electron chi connectivity index (χ1n) is 8.58. The topological polar surface area (TPSA) is 66.5 Å². The number of nitrogens with one attached hydrogen (secondary N) is 1. The van der Waals surface area contributed by atoms with Gasteiger partial charge in [-0.05, 0) is 51.5 Å². The molecular formula is C20H25ClN2O3S. The number of amides is 1. The molecule has 0 aliphatic rings. The van der Waals surface area contributed by atoms with Crippen molar-refractivity contribution in [1.82, 2.24) is 9.62 Å². The van der Waals surface area contributed by atoms with Gasteiger partial charge in [-0.15, -0.1) is 0 Å². The Morgan fingerprint density at radius 1 is 1.11 bits per heavy atom. The van der Waals surface area contributed by atoms with Gasteiger partial charge in [0.15, 0.2) is 0 Å². The molecule has 27 heavy (non-hydrogen) atoms. The van der Waals surface area contributed by atoms with Gasteiger partial charge >= 0.3 is 0 Å². The summed E-state index contributed by atoms with van der Waals surface area (Å²) in [4.78, 5) is 14.4. The fraction of sp³-hybridized carbons (Fsp3) is 0.350. The van der Waals surface area contributed by atoms with Gasteiger partial charge in [0.25, 0.3) is 5.91 Å². The van der Waals surface area contributed by atoms with Crippen molar-refractivity contribution in [3.8, 4) is 0 Å². The van der Waals surface area contributed by atoms with Crippen molar-refractivity contribution in [2.24, 2.45) is 0 Å². The summed E-state index contributed by atoms with van der Waals surface area (Å²) in [5, 5.41) is 0.0714. The molecule has 0 bridgehead atoms. The van der Waals surface area contributed by atoms with E-state index in [1.54, 1.807) is 32.7 Å². The van der Waals surface area contributed by atoms with Gasteiger partial charge in [0.2, 0.25) is 10.0 Å². The number of carbonyl (C=O) groups excluding carboxylic acids is 1. The fourth-order valence-corrected chi connectivity index (χ4v) is 4.58. The van der Waals surface area contributed by atoms with E-state index < -0.39 is 15.6 Å². The molecule has 1 atom stereocenters. The van der Waals surface area contributed by atoms with Gasteiger partial charge in [-0.1, -0.05) is 41.9 Å². The Morgan fingerprint density at radius 3 is 2.26 bits per heavy atom. The van der Waals surface area contributed by atoms with Crippen LogP contribution in [0.15, 0.2) is 53.4 Å². The largest absolute Gasteiger partial charge is 0.335 e. The Morgan fingerprint density at radius 2 is 1.70 bits per heavy atom. The molecule has 7 heteroatoms. The van der Waals surface area contributed by atoms with Gasteiger partial charge in [-0.2, -0.15) is 0 Å². The average molecular weight is 409 g/mol. The molecule has 1 N–H and O–H groups in total. The number of hydrogen-bond acceptors (Lipinski definition) is 3. The van der Waals surface area contributed by atoms with Crippen molar-refractivity contribution < 1.29 is 13.2 Å². The highest BCUT2D eigenvalue weighted by atomic mass is 35.5. The number of carbonyl (C=O) groups is 1. The van der Waals surface area contributed by atoms with E-state index in [0.29, 0.717) is 0 Å². The van der Waals surface area contributed by atoms with Crippen molar-refractivity contribution >= 4 is 27.5 Å². The van der Waals surface area contributed by atoms with E-state index in [-0.39, 0.29) is 27.4 Å². The van der Waals surface area contributed by atoms with Crippen LogP contribution in [0.5, 0.6) is 0 Å². The number of nitrogens with zero attached hydrogens (tertiary/aromatic N) is 1. The van der Waals surface area contributed by atoms with Crippen LogP contribution in [0.1, 0.15) is 49.7 Å². The number of sulfonamides is 1. The first kappa shape index (κ1) is 21.4. The Balaban J connectivity index is 2.35. The summed E-state index contributed by atoms with van der Waals surface area (Å²) in [7, 11) is -2.16. The molecule has 0 heterocycles. The number of rotatable bonds is 5. The maximum Gasteiger partial charge on any atom is 0.254 e. The minimum atomic E-state index is -3.86. The summed E-state index contributed by atoms with van der Waals surface area (Å²) in [6.07, 6.45) is 0. The van der Waals surface area contributed by atoms with Gasteiger partial charge in [0, 0.05) is 18.2 Å². The molecule has 2 aromatic carbocycles. The minimum Gasteiger partial charge on any atom is -0.335 e. The minimum absolute atomic E-state index is 0.0714. The molecular weight excluding hydrogens is 384 g/mol. The molecule has 5 nitrogen and oxygen atoms in total. The zero-order chi connectivity index (χ0) is 20.4. The van der Waals surface area contributed by atoms with Crippen LogP contribution in [-0.2, 0) is 10.0 Å². The van der Waals surface area contributed by atoms with E-state index in [2.05, 4.69) is 4.72 Å². The molecule has 2 aromatic rings. The van der Waals surface area contributed by atoms with Gasteiger partial charge < -0.3 is 4.90 Å². The molecule has 2 rings (SSSR count). The Labute approximate surface area is 166 Å². The zero-order valence-corrected chi connectivity index (χ0v) is 17.7. The fourth-order valence-electron chi connectivity index (χ4n) is 2.64. The second-order valence-corrected chi connectivity index (χ2v) is 9.56. The summed E-state index contributed by atoms with van der Waals surface area (Å²) in [5.41, 5.74) is 0.587. The Kier molecular flexibility index (Phi) is 6.35. The second kappa shape index (κ2) is 8.00. The molecule has 0 saturated heterocycles. The number of hydrogen-bond donors (Lipinski definition) is 1. The van der Waals surface area contributed by atoms with Crippen molar-refractivity contribution in [3.05, 3.63) is 64.7 Å². The highest BCUT2D eigenvalue weighted by Gasteiger charge is 2.26. The molecule has 1 amide bonds. The van der Waals surface area contributed by atoms with Crippen LogP contribution in [0.25, 0.3) is 0 Å². The smallest absolute Gasteiger partial charge is 0.254 e. The number of benzene rings is 2. The predicted octanol–water partition coefficient (Wildman–Crippen LogP) is 4.25. The Hall–Kier alpha value is -1.89. The van der Waals surface area contributed by atoms with Gasteiger partial charge in [-0.3, -0.25) is 4.79 Å². The molecule has 0 fully saturated rings. The average Bonchev–Trinajstić information content (AvgIpc) is 2.58. The molecule has 0 radical (unpaired) electrons. The summed E-state index contributed by atoms with van der Waals surface area (Å²) in [6.45, 7) is 7.14. The molecule has 0 saturated carbocycles. The Bertz CT molecular complexity index is 922. The molecule has 0 spiro atoms. The third-order valence-electron chi connectivity index (χ3n) is 4.09. The summed E-state index contributed by atoms with van der Waals surface area (Å²) in [6, 6.07) is 13.8. The van der Waals surface area contributed by atoms with Gasteiger partial charge in [0.1, 0.15) is 4.90 Å². The van der Waals surface area contributed by atoms with E-state index in [9.17, 15) is 13.2 Å². The van der Waals surface area contributed by atoms with Crippen LogP contribution in [0.3, 0.4) is 0 Å². The van der Waals surface area contributed by atoms with Crippen LogP contribution < -0.4 is 4.72 Å². The molecule has 1 unspecified atom stereocenters. The van der Waals surface area contributed by atoms with E-state index in [0.717, 1.165) is 5.56 Å². The highest BCUT2D eigenvalue weighted by Crippen LogP contribution is 2.26. The first-order chi connectivity index (χ1) is 12.4. The maximum absolute atomic E-state index is 12.9. The van der Waals surface area contributed by atoms with E-state index in [4.69, 9.17) is 11.6 Å².